The van der Waals surface area contributed by atoms with E-state index < -0.39 is 0 Å². The summed E-state index contributed by atoms with van der Waals surface area (Å²) in [5.74, 6) is 0. The van der Waals surface area contributed by atoms with E-state index in [4.69, 9.17) is 4.74 Å². The van der Waals surface area contributed by atoms with Crippen molar-refractivity contribution in [3.63, 3.8) is 0 Å². The van der Waals surface area contributed by atoms with E-state index in [0.29, 0.717) is 11.6 Å². The van der Waals surface area contributed by atoms with Crippen LogP contribution in [0.5, 0.6) is 0 Å². The van der Waals surface area contributed by atoms with E-state index in [-0.39, 0.29) is 0 Å². The molecule has 0 aromatic carbocycles. The molecular weight excluding hydrogens is 206 g/mol. The monoisotopic (exact) mass is 229 g/mol. The third-order valence-electron chi connectivity index (χ3n) is 3.79. The fraction of sp³-hybridized carbons (Fsp3) is 1.00. The number of fused-ring (bicyclic) bond motifs is 1. The maximum Gasteiger partial charge on any atom is 0.0654 e. The summed E-state index contributed by atoms with van der Waals surface area (Å²) in [5.41, 5.74) is 0.401. The molecule has 3 heteroatoms. The molecule has 0 saturated carbocycles. The molecule has 2 rings (SSSR count). The molecule has 0 spiro atoms. The van der Waals surface area contributed by atoms with Gasteiger partial charge in [-0.25, -0.2) is 0 Å². The normalized spacial score (nSPS) is 36.4. The fourth-order valence-electron chi connectivity index (χ4n) is 2.95. The van der Waals surface area contributed by atoms with E-state index in [1.54, 1.807) is 0 Å². The van der Waals surface area contributed by atoms with Gasteiger partial charge in [0.2, 0.25) is 0 Å². The van der Waals surface area contributed by atoms with Gasteiger partial charge in [0, 0.05) is 17.3 Å². The Bertz CT molecular complexity index is 222. The molecule has 2 saturated heterocycles. The molecule has 2 heterocycles. The maximum absolute atomic E-state index is 5.87. The van der Waals surface area contributed by atoms with Crippen LogP contribution in [-0.4, -0.2) is 47.7 Å². The van der Waals surface area contributed by atoms with Crippen LogP contribution >= 0.6 is 11.8 Å². The summed E-state index contributed by atoms with van der Waals surface area (Å²) >= 11 is 2.02. The number of hydrogen-bond donors (Lipinski definition) is 0. The minimum absolute atomic E-state index is 0.371. The second-order valence-corrected chi connectivity index (χ2v) is 6.33. The van der Waals surface area contributed by atoms with Gasteiger partial charge in [-0.1, -0.05) is 0 Å². The fourth-order valence-corrected chi connectivity index (χ4v) is 3.75. The minimum atomic E-state index is 0.371. The molecule has 88 valence electrons. The van der Waals surface area contributed by atoms with Crippen LogP contribution in [0.15, 0.2) is 0 Å². The largest absolute Gasteiger partial charge is 0.377 e. The van der Waals surface area contributed by atoms with Gasteiger partial charge >= 0.3 is 0 Å². The number of rotatable bonds is 4. The molecule has 0 aliphatic carbocycles. The molecule has 0 bridgehead atoms. The van der Waals surface area contributed by atoms with E-state index in [1.807, 2.05) is 11.8 Å². The summed E-state index contributed by atoms with van der Waals surface area (Å²) in [7, 11) is 0. The summed E-state index contributed by atoms with van der Waals surface area (Å²) in [4.78, 5) is 2.68. The van der Waals surface area contributed by atoms with Crippen LogP contribution in [-0.2, 0) is 4.74 Å². The predicted octanol–water partition coefficient (Wildman–Crippen LogP) is 2.38. The molecular formula is C12H23NOS. The summed E-state index contributed by atoms with van der Waals surface area (Å²) in [6.07, 6.45) is 6.65. The summed E-state index contributed by atoms with van der Waals surface area (Å²) in [6, 6.07) is 0. The molecule has 2 nitrogen and oxygen atoms in total. The molecule has 2 atom stereocenters. The maximum atomic E-state index is 5.87. The zero-order chi connectivity index (χ0) is 10.9. The van der Waals surface area contributed by atoms with E-state index in [2.05, 4.69) is 25.0 Å². The first-order valence-electron chi connectivity index (χ1n) is 6.06. The second-order valence-electron chi connectivity index (χ2n) is 5.20. The summed E-state index contributed by atoms with van der Waals surface area (Å²) in [6.45, 7) is 7.79. The van der Waals surface area contributed by atoms with Crippen molar-refractivity contribution in [3.05, 3.63) is 0 Å². The average Bonchev–Trinajstić information content (AvgIpc) is 2.70. The van der Waals surface area contributed by atoms with Crippen molar-refractivity contribution >= 4 is 11.8 Å². The molecule has 0 radical (unpaired) electrons. The summed E-state index contributed by atoms with van der Waals surface area (Å²) < 4.78 is 5.87. The van der Waals surface area contributed by atoms with Gasteiger partial charge in [-0.2, -0.15) is 11.8 Å². The first-order chi connectivity index (χ1) is 7.16. The molecule has 2 aliphatic heterocycles. The lowest BCUT2D eigenvalue weighted by Crippen LogP contribution is -2.43. The molecule has 0 aromatic heterocycles. The van der Waals surface area contributed by atoms with Crippen molar-refractivity contribution in [1.29, 1.82) is 0 Å². The lowest BCUT2D eigenvalue weighted by Gasteiger charge is -2.32. The zero-order valence-electron chi connectivity index (χ0n) is 10.2. The van der Waals surface area contributed by atoms with E-state index in [9.17, 15) is 0 Å². The third kappa shape index (κ3) is 2.34. The van der Waals surface area contributed by atoms with E-state index >= 15 is 0 Å². The van der Waals surface area contributed by atoms with E-state index in [1.165, 1.54) is 32.4 Å². The number of ether oxygens (including phenoxy) is 1. The van der Waals surface area contributed by atoms with E-state index in [0.717, 1.165) is 11.9 Å². The SMILES string of the molecule is CS[C@H]1CN2CCC[C@@]2(COC(C)C)C1. The van der Waals surface area contributed by atoms with Crippen LogP contribution in [0.2, 0.25) is 0 Å². The van der Waals surface area contributed by atoms with Crippen molar-refractivity contribution in [1.82, 2.24) is 4.90 Å². The van der Waals surface area contributed by atoms with Gasteiger partial charge < -0.3 is 4.74 Å². The minimum Gasteiger partial charge on any atom is -0.377 e. The topological polar surface area (TPSA) is 12.5 Å². The highest BCUT2D eigenvalue weighted by molar-refractivity contribution is 7.99. The van der Waals surface area contributed by atoms with Crippen molar-refractivity contribution in [3.8, 4) is 0 Å². The molecule has 0 aromatic rings. The van der Waals surface area contributed by atoms with Gasteiger partial charge in [-0.3, -0.25) is 4.90 Å². The van der Waals surface area contributed by atoms with Gasteiger partial charge in [-0.05, 0) is 45.9 Å². The molecule has 0 amide bonds. The molecule has 2 fully saturated rings. The standard InChI is InChI=1S/C12H23NOS/c1-10(2)14-9-12-5-4-6-13(12)8-11(7-12)15-3/h10-11H,4-9H2,1-3H3/t11-,12+/m1/s1. The van der Waals surface area contributed by atoms with Crippen LogP contribution in [0, 0.1) is 0 Å². The first-order valence-corrected chi connectivity index (χ1v) is 7.34. The number of nitrogens with zero attached hydrogens (tertiary/aromatic N) is 1. The Morgan fingerprint density at radius 2 is 2.33 bits per heavy atom. The lowest BCUT2D eigenvalue weighted by atomic mass is 9.95. The van der Waals surface area contributed by atoms with Crippen LogP contribution in [0.25, 0.3) is 0 Å². The first kappa shape index (κ1) is 11.7. The van der Waals surface area contributed by atoms with Crippen molar-refractivity contribution in [2.45, 2.75) is 50.0 Å². The van der Waals surface area contributed by atoms with Crippen LogP contribution in [0.3, 0.4) is 0 Å². The number of hydrogen-bond acceptors (Lipinski definition) is 3. The molecule has 2 aliphatic rings. The predicted molar refractivity (Wildman–Crippen MR) is 66.5 cm³/mol. The molecule has 0 unspecified atom stereocenters. The Morgan fingerprint density at radius 3 is 3.00 bits per heavy atom. The Labute approximate surface area is 97.7 Å². The van der Waals surface area contributed by atoms with Gasteiger partial charge in [0.05, 0.1) is 12.7 Å². The van der Waals surface area contributed by atoms with Gasteiger partial charge in [0.25, 0.3) is 0 Å². The second kappa shape index (κ2) is 4.64. The highest BCUT2D eigenvalue weighted by Gasteiger charge is 2.48. The van der Waals surface area contributed by atoms with Gasteiger partial charge in [0.1, 0.15) is 0 Å². The molecule has 15 heavy (non-hydrogen) atoms. The summed E-state index contributed by atoms with van der Waals surface area (Å²) in [5, 5.41) is 0.834. The van der Waals surface area contributed by atoms with Crippen LogP contribution in [0.1, 0.15) is 33.1 Å². The van der Waals surface area contributed by atoms with Crippen LogP contribution < -0.4 is 0 Å². The highest BCUT2D eigenvalue weighted by Crippen LogP contribution is 2.42. The van der Waals surface area contributed by atoms with Gasteiger partial charge in [-0.15, -0.1) is 0 Å². The Morgan fingerprint density at radius 1 is 1.53 bits per heavy atom. The van der Waals surface area contributed by atoms with Crippen LogP contribution in [0.4, 0.5) is 0 Å². The average molecular weight is 229 g/mol. The third-order valence-corrected chi connectivity index (χ3v) is 4.77. The zero-order valence-corrected chi connectivity index (χ0v) is 11.0. The highest BCUT2D eigenvalue weighted by atomic mass is 32.2. The van der Waals surface area contributed by atoms with Crippen molar-refractivity contribution in [2.75, 3.05) is 26.0 Å². The smallest absolute Gasteiger partial charge is 0.0654 e. The molecule has 0 N–H and O–H groups in total. The van der Waals surface area contributed by atoms with Crippen molar-refractivity contribution in [2.24, 2.45) is 0 Å². The lowest BCUT2D eigenvalue weighted by molar-refractivity contribution is 0.00315. The quantitative estimate of drug-likeness (QED) is 0.734. The Hall–Kier alpha value is 0.270. The Kier molecular flexibility index (Phi) is 3.63. The van der Waals surface area contributed by atoms with Crippen molar-refractivity contribution < 1.29 is 4.74 Å². The van der Waals surface area contributed by atoms with Gasteiger partial charge in [0.15, 0.2) is 0 Å². The Balaban J connectivity index is 1.97. The number of thioether (sulfide) groups is 1.